The highest BCUT2D eigenvalue weighted by molar-refractivity contribution is 7.13. The lowest BCUT2D eigenvalue weighted by Gasteiger charge is -2.41. The first-order chi connectivity index (χ1) is 17.6. The van der Waals surface area contributed by atoms with Gasteiger partial charge in [0.1, 0.15) is 5.82 Å². The van der Waals surface area contributed by atoms with Gasteiger partial charge < -0.3 is 26.4 Å². The Labute approximate surface area is 217 Å². The maximum absolute atomic E-state index is 5.89. The van der Waals surface area contributed by atoms with Crippen molar-refractivity contribution in [1.29, 1.82) is 0 Å². The predicted octanol–water partition coefficient (Wildman–Crippen LogP) is 2.87. The molecule has 196 valence electrons. The van der Waals surface area contributed by atoms with Crippen molar-refractivity contribution in [1.82, 2.24) is 24.6 Å². The predicted molar refractivity (Wildman–Crippen MR) is 147 cm³/mol. The fourth-order valence-electron chi connectivity index (χ4n) is 5.49. The number of aryl methyl sites for hydroxylation is 1. The number of anilines is 2. The molecule has 2 aromatic rings. The van der Waals surface area contributed by atoms with Crippen LogP contribution in [0.15, 0.2) is 16.9 Å². The maximum Gasteiger partial charge on any atom is 0.230 e. The van der Waals surface area contributed by atoms with Crippen LogP contribution < -0.4 is 21.7 Å². The fraction of sp³-hybridized carbons (Fsp3) is 0.680. The van der Waals surface area contributed by atoms with Gasteiger partial charge in [0.15, 0.2) is 4.83 Å². The number of piperazine rings is 1. The molecule has 11 heteroatoms. The Balaban J connectivity index is 1.26. The van der Waals surface area contributed by atoms with E-state index in [1.54, 1.807) is 6.21 Å². The average molecular weight is 514 g/mol. The van der Waals surface area contributed by atoms with Crippen molar-refractivity contribution in [2.75, 3.05) is 43.5 Å². The van der Waals surface area contributed by atoms with Crippen molar-refractivity contribution in [3.63, 3.8) is 0 Å². The molecule has 2 aromatic heterocycles. The number of hydrogen-bond donors (Lipinski definition) is 4. The summed E-state index contributed by atoms with van der Waals surface area (Å²) in [6.07, 6.45) is 9.87. The van der Waals surface area contributed by atoms with E-state index in [4.69, 9.17) is 20.4 Å². The number of nitrogens with two attached hydrogens (primary N) is 1. The van der Waals surface area contributed by atoms with E-state index < -0.39 is 0 Å². The molecule has 3 fully saturated rings. The molecular formula is C25H39N9OS. The number of aromatic nitrogens is 3. The van der Waals surface area contributed by atoms with Gasteiger partial charge in [-0.2, -0.15) is 14.3 Å². The zero-order valence-corrected chi connectivity index (χ0v) is 22.2. The third-order valence-electron chi connectivity index (χ3n) is 7.51. The third kappa shape index (κ3) is 6.13. The molecule has 0 spiro atoms. The summed E-state index contributed by atoms with van der Waals surface area (Å²) < 4.78 is 9.97. The molecule has 2 aliphatic heterocycles. The van der Waals surface area contributed by atoms with Crippen LogP contribution >= 0.6 is 11.5 Å². The Bertz CT molecular complexity index is 1070. The zero-order valence-electron chi connectivity index (χ0n) is 21.4. The second-order valence-corrected chi connectivity index (χ2v) is 11.0. The van der Waals surface area contributed by atoms with Crippen LogP contribution in [0.1, 0.15) is 51.1 Å². The lowest BCUT2D eigenvalue weighted by atomic mass is 9.89. The number of fused-ring (bicyclic) bond motifs is 1. The molecule has 1 aliphatic carbocycles. The summed E-state index contributed by atoms with van der Waals surface area (Å²) >= 11 is 1.40. The molecule has 0 radical (unpaired) electrons. The van der Waals surface area contributed by atoms with E-state index in [0.717, 1.165) is 80.3 Å². The van der Waals surface area contributed by atoms with E-state index in [1.165, 1.54) is 30.6 Å². The van der Waals surface area contributed by atoms with E-state index in [2.05, 4.69) is 37.1 Å². The Morgan fingerprint density at radius 2 is 2.00 bits per heavy atom. The van der Waals surface area contributed by atoms with Gasteiger partial charge in [0, 0.05) is 63.4 Å². The van der Waals surface area contributed by atoms with Gasteiger partial charge in [-0.1, -0.05) is 0 Å². The van der Waals surface area contributed by atoms with Crippen molar-refractivity contribution < 1.29 is 4.74 Å². The van der Waals surface area contributed by atoms with Gasteiger partial charge in [-0.05, 0) is 63.9 Å². The molecule has 1 saturated carbocycles. The first-order valence-electron chi connectivity index (χ1n) is 13.3. The monoisotopic (exact) mass is 513 g/mol. The van der Waals surface area contributed by atoms with E-state index in [0.29, 0.717) is 29.8 Å². The number of aliphatic imine (C=N–C) groups is 1. The number of rotatable bonds is 7. The van der Waals surface area contributed by atoms with Gasteiger partial charge in [-0.25, -0.2) is 0 Å². The Hall–Kier alpha value is -2.34. The molecular weight excluding hydrogens is 474 g/mol. The van der Waals surface area contributed by atoms with Crippen molar-refractivity contribution in [3.05, 3.63) is 17.6 Å². The molecule has 2 saturated heterocycles. The number of hydrogen-bond acceptors (Lipinski definition) is 11. The highest BCUT2D eigenvalue weighted by Crippen LogP contribution is 2.32. The lowest BCUT2D eigenvalue weighted by Crippen LogP contribution is -2.53. The van der Waals surface area contributed by atoms with Gasteiger partial charge in [-0.15, -0.1) is 0 Å². The largest absolute Gasteiger partial charge is 0.403 e. The minimum atomic E-state index is 0.264. The standard InChI is InChI=1S/C25H39N9OS/c1-16-15-34(10-9-27-16)21-5-3-19(4-6-21)29-23-22-17(2)33-36-24(22)32-25(31-23)30-20(13-26)14-28-18-7-11-35-12-8-18/h13-14,16,18-19,21,27H,3-12,15,26H2,1-2H3,(H2,29,30,31,32). The van der Waals surface area contributed by atoms with Crippen molar-refractivity contribution >= 4 is 39.7 Å². The second kappa shape index (κ2) is 11.8. The average Bonchev–Trinajstić information content (AvgIpc) is 3.28. The Kier molecular flexibility index (Phi) is 8.30. The third-order valence-corrected chi connectivity index (χ3v) is 8.35. The number of nitrogens with one attached hydrogen (secondary N) is 3. The summed E-state index contributed by atoms with van der Waals surface area (Å²) in [5.74, 6) is 1.36. The van der Waals surface area contributed by atoms with E-state index >= 15 is 0 Å². The summed E-state index contributed by atoms with van der Waals surface area (Å²) in [6, 6.07) is 1.93. The topological polar surface area (TPSA) is 126 Å². The fourth-order valence-corrected chi connectivity index (χ4v) is 6.27. The van der Waals surface area contributed by atoms with E-state index in [-0.39, 0.29) is 6.04 Å². The minimum Gasteiger partial charge on any atom is -0.403 e. The zero-order chi connectivity index (χ0) is 24.9. The van der Waals surface area contributed by atoms with Crippen LogP contribution in [0.25, 0.3) is 10.2 Å². The van der Waals surface area contributed by atoms with Crippen LogP contribution in [0, 0.1) is 6.92 Å². The summed E-state index contributed by atoms with van der Waals surface area (Å²) in [5, 5.41) is 11.6. The molecule has 1 atom stereocenters. The molecule has 4 heterocycles. The highest BCUT2D eigenvalue weighted by Gasteiger charge is 2.29. The van der Waals surface area contributed by atoms with Crippen molar-refractivity contribution in [2.24, 2.45) is 10.7 Å². The highest BCUT2D eigenvalue weighted by atomic mass is 32.1. The van der Waals surface area contributed by atoms with Gasteiger partial charge in [0.2, 0.25) is 5.95 Å². The molecule has 10 nitrogen and oxygen atoms in total. The molecule has 5 rings (SSSR count). The van der Waals surface area contributed by atoms with Crippen LogP contribution in [0.2, 0.25) is 0 Å². The normalized spacial score (nSPS) is 27.1. The van der Waals surface area contributed by atoms with Crippen LogP contribution in [-0.4, -0.2) is 82.5 Å². The quantitative estimate of drug-likeness (QED) is 0.414. The summed E-state index contributed by atoms with van der Waals surface area (Å²) in [5.41, 5.74) is 7.53. The van der Waals surface area contributed by atoms with Crippen LogP contribution in [0.4, 0.5) is 11.8 Å². The summed E-state index contributed by atoms with van der Waals surface area (Å²) in [7, 11) is 0. The first kappa shape index (κ1) is 25.3. The molecule has 5 N–H and O–H groups in total. The minimum absolute atomic E-state index is 0.264. The summed E-state index contributed by atoms with van der Waals surface area (Å²) in [4.78, 5) is 17.8. The van der Waals surface area contributed by atoms with Crippen LogP contribution in [0.5, 0.6) is 0 Å². The smallest absolute Gasteiger partial charge is 0.230 e. The van der Waals surface area contributed by atoms with E-state index in [9.17, 15) is 0 Å². The second-order valence-electron chi connectivity index (χ2n) is 10.2. The number of nitrogens with zero attached hydrogens (tertiary/aromatic N) is 5. The van der Waals surface area contributed by atoms with Gasteiger partial charge in [0.05, 0.1) is 22.8 Å². The molecule has 3 aliphatic rings. The van der Waals surface area contributed by atoms with Crippen LogP contribution in [-0.2, 0) is 4.74 Å². The van der Waals surface area contributed by atoms with Crippen LogP contribution in [0.3, 0.4) is 0 Å². The van der Waals surface area contributed by atoms with Gasteiger partial charge in [-0.3, -0.25) is 9.89 Å². The van der Waals surface area contributed by atoms with Crippen molar-refractivity contribution in [3.8, 4) is 0 Å². The van der Waals surface area contributed by atoms with E-state index in [1.807, 2.05) is 6.92 Å². The molecule has 36 heavy (non-hydrogen) atoms. The molecule has 0 amide bonds. The number of allylic oxidation sites excluding steroid dienone is 1. The Morgan fingerprint density at radius 3 is 2.75 bits per heavy atom. The molecule has 0 bridgehead atoms. The molecule has 0 aromatic carbocycles. The summed E-state index contributed by atoms with van der Waals surface area (Å²) in [6.45, 7) is 9.22. The number of ether oxygens (including phenoxy) is 1. The van der Waals surface area contributed by atoms with Gasteiger partial charge >= 0.3 is 0 Å². The van der Waals surface area contributed by atoms with Gasteiger partial charge in [0.25, 0.3) is 0 Å². The molecule has 1 unspecified atom stereocenters. The first-order valence-corrected chi connectivity index (χ1v) is 14.0. The Morgan fingerprint density at radius 1 is 1.19 bits per heavy atom. The van der Waals surface area contributed by atoms with Crippen molar-refractivity contribution in [2.45, 2.75) is 76.5 Å². The maximum atomic E-state index is 5.89. The SMILES string of the molecule is Cc1nsc2nc(NC(C=NC3CCOCC3)=CN)nc(NC3CCC(N4CCNC(C)C4)CC3)c12. The lowest BCUT2D eigenvalue weighted by molar-refractivity contribution is 0.0872.